The molecule has 1 aliphatic carbocycles. The Hall–Kier alpha value is -0.410. The van der Waals surface area contributed by atoms with Crippen molar-refractivity contribution in [1.29, 1.82) is 0 Å². The van der Waals surface area contributed by atoms with Crippen molar-refractivity contribution in [3.63, 3.8) is 0 Å². The van der Waals surface area contributed by atoms with Crippen LogP contribution in [0, 0.1) is 12.8 Å². The highest BCUT2D eigenvalue weighted by Gasteiger charge is 2.23. The second-order valence-electron chi connectivity index (χ2n) is 4.63. The Morgan fingerprint density at radius 1 is 1.60 bits per heavy atom. The van der Waals surface area contributed by atoms with Gasteiger partial charge in [-0.2, -0.15) is 0 Å². The molecule has 1 aromatic heterocycles. The van der Waals surface area contributed by atoms with Gasteiger partial charge in [-0.05, 0) is 32.6 Å². The van der Waals surface area contributed by atoms with Crippen LogP contribution in [-0.2, 0) is 6.42 Å². The van der Waals surface area contributed by atoms with Gasteiger partial charge in [0, 0.05) is 23.7 Å². The van der Waals surface area contributed by atoms with E-state index in [4.69, 9.17) is 0 Å². The van der Waals surface area contributed by atoms with E-state index >= 15 is 0 Å². The van der Waals surface area contributed by atoms with Crippen LogP contribution in [0.25, 0.3) is 0 Å². The largest absolute Gasteiger partial charge is 0.314 e. The zero-order valence-electron chi connectivity index (χ0n) is 9.62. The standard InChI is InChI=1S/C12H20N2S/c1-9(7-11-3-4-11)13-6-5-12-8-14-10(2)15-12/h8-9,11,13H,3-7H2,1-2H3. The molecule has 1 unspecified atom stereocenters. The lowest BCUT2D eigenvalue weighted by Crippen LogP contribution is -2.28. The summed E-state index contributed by atoms with van der Waals surface area (Å²) in [5.74, 6) is 1.03. The molecule has 3 heteroatoms. The van der Waals surface area contributed by atoms with Crippen LogP contribution in [0.15, 0.2) is 6.20 Å². The number of aromatic nitrogens is 1. The fraction of sp³-hybridized carbons (Fsp3) is 0.750. The maximum absolute atomic E-state index is 4.26. The lowest BCUT2D eigenvalue weighted by atomic mass is 10.1. The van der Waals surface area contributed by atoms with E-state index in [2.05, 4.69) is 24.1 Å². The molecule has 1 atom stereocenters. The molecule has 0 saturated heterocycles. The molecule has 2 nitrogen and oxygen atoms in total. The first-order valence-corrected chi connectivity index (χ1v) is 6.70. The first-order valence-electron chi connectivity index (χ1n) is 5.88. The Labute approximate surface area is 96.1 Å². The summed E-state index contributed by atoms with van der Waals surface area (Å²) < 4.78 is 0. The first kappa shape index (κ1) is 11.1. The van der Waals surface area contributed by atoms with Gasteiger partial charge in [0.05, 0.1) is 5.01 Å². The van der Waals surface area contributed by atoms with Crippen molar-refractivity contribution in [3.8, 4) is 0 Å². The van der Waals surface area contributed by atoms with E-state index in [1.807, 2.05) is 17.5 Å². The van der Waals surface area contributed by atoms with E-state index in [-0.39, 0.29) is 0 Å². The molecule has 0 radical (unpaired) electrons. The molecule has 1 fully saturated rings. The molecule has 1 heterocycles. The van der Waals surface area contributed by atoms with Crippen LogP contribution in [0.2, 0.25) is 0 Å². The number of nitrogens with one attached hydrogen (secondary N) is 1. The van der Waals surface area contributed by atoms with Crippen LogP contribution in [0.5, 0.6) is 0 Å². The molecule has 1 N–H and O–H groups in total. The second kappa shape index (κ2) is 5.08. The Morgan fingerprint density at radius 2 is 2.40 bits per heavy atom. The van der Waals surface area contributed by atoms with Crippen LogP contribution in [0.1, 0.15) is 36.1 Å². The quantitative estimate of drug-likeness (QED) is 0.803. The third-order valence-corrected chi connectivity index (χ3v) is 3.89. The van der Waals surface area contributed by atoms with E-state index in [0.29, 0.717) is 6.04 Å². The number of hydrogen-bond donors (Lipinski definition) is 1. The molecule has 84 valence electrons. The van der Waals surface area contributed by atoms with Gasteiger partial charge in [-0.1, -0.05) is 12.8 Å². The third kappa shape index (κ3) is 3.92. The van der Waals surface area contributed by atoms with Crippen LogP contribution in [0.3, 0.4) is 0 Å². The zero-order chi connectivity index (χ0) is 10.7. The molecule has 0 aliphatic heterocycles. The van der Waals surface area contributed by atoms with Crippen molar-refractivity contribution < 1.29 is 0 Å². The Balaban J connectivity index is 1.61. The lowest BCUT2D eigenvalue weighted by Gasteiger charge is -2.12. The summed E-state index contributed by atoms with van der Waals surface area (Å²) in [6.07, 6.45) is 7.41. The Bertz CT molecular complexity index is 304. The summed E-state index contributed by atoms with van der Waals surface area (Å²) in [6, 6.07) is 0.687. The smallest absolute Gasteiger partial charge is 0.0896 e. The Morgan fingerprint density at radius 3 is 3.00 bits per heavy atom. The maximum Gasteiger partial charge on any atom is 0.0896 e. The molecule has 0 bridgehead atoms. The average molecular weight is 224 g/mol. The summed E-state index contributed by atoms with van der Waals surface area (Å²) in [7, 11) is 0. The fourth-order valence-corrected chi connectivity index (χ4v) is 2.69. The van der Waals surface area contributed by atoms with E-state index < -0.39 is 0 Å². The lowest BCUT2D eigenvalue weighted by molar-refractivity contribution is 0.492. The average Bonchev–Trinajstić information content (AvgIpc) is 2.89. The fourth-order valence-electron chi connectivity index (χ4n) is 1.90. The number of rotatable bonds is 6. The van der Waals surface area contributed by atoms with Crippen molar-refractivity contribution in [1.82, 2.24) is 10.3 Å². The minimum Gasteiger partial charge on any atom is -0.314 e. The van der Waals surface area contributed by atoms with Gasteiger partial charge in [-0.15, -0.1) is 11.3 Å². The van der Waals surface area contributed by atoms with E-state index in [1.165, 1.54) is 29.1 Å². The molecule has 0 aromatic carbocycles. The van der Waals surface area contributed by atoms with Crippen LogP contribution in [0.4, 0.5) is 0 Å². The van der Waals surface area contributed by atoms with Gasteiger partial charge in [0.2, 0.25) is 0 Å². The third-order valence-electron chi connectivity index (χ3n) is 2.92. The van der Waals surface area contributed by atoms with Crippen molar-refractivity contribution in [2.45, 2.75) is 45.6 Å². The van der Waals surface area contributed by atoms with Gasteiger partial charge in [0.15, 0.2) is 0 Å². The summed E-state index contributed by atoms with van der Waals surface area (Å²) >= 11 is 1.81. The molecular weight excluding hydrogens is 204 g/mol. The van der Waals surface area contributed by atoms with Crippen LogP contribution < -0.4 is 5.32 Å². The monoisotopic (exact) mass is 224 g/mol. The summed E-state index contributed by atoms with van der Waals surface area (Å²) in [5.41, 5.74) is 0. The summed E-state index contributed by atoms with van der Waals surface area (Å²) in [5, 5.41) is 4.77. The van der Waals surface area contributed by atoms with Crippen molar-refractivity contribution in [2.24, 2.45) is 5.92 Å². The highest BCUT2D eigenvalue weighted by Crippen LogP contribution is 2.33. The molecule has 1 aromatic rings. The van der Waals surface area contributed by atoms with E-state index in [9.17, 15) is 0 Å². The van der Waals surface area contributed by atoms with Gasteiger partial charge < -0.3 is 5.32 Å². The number of aryl methyl sites for hydroxylation is 1. The maximum atomic E-state index is 4.26. The SMILES string of the molecule is Cc1ncc(CCNC(C)CC2CC2)s1. The molecule has 15 heavy (non-hydrogen) atoms. The number of hydrogen-bond acceptors (Lipinski definition) is 3. The van der Waals surface area contributed by atoms with Gasteiger partial charge in [-0.3, -0.25) is 0 Å². The molecule has 1 aliphatic rings. The van der Waals surface area contributed by atoms with Crippen molar-refractivity contribution in [3.05, 3.63) is 16.1 Å². The number of nitrogens with zero attached hydrogens (tertiary/aromatic N) is 1. The highest BCUT2D eigenvalue weighted by atomic mass is 32.1. The van der Waals surface area contributed by atoms with Gasteiger partial charge in [0.1, 0.15) is 0 Å². The van der Waals surface area contributed by atoms with Gasteiger partial charge in [0.25, 0.3) is 0 Å². The summed E-state index contributed by atoms with van der Waals surface area (Å²) in [4.78, 5) is 5.67. The van der Waals surface area contributed by atoms with Crippen molar-refractivity contribution in [2.75, 3.05) is 6.54 Å². The minimum atomic E-state index is 0.687. The summed E-state index contributed by atoms with van der Waals surface area (Å²) in [6.45, 7) is 5.46. The van der Waals surface area contributed by atoms with E-state index in [0.717, 1.165) is 18.9 Å². The molecule has 2 rings (SSSR count). The molecule has 0 amide bonds. The van der Waals surface area contributed by atoms with Crippen LogP contribution >= 0.6 is 11.3 Å². The Kier molecular flexibility index (Phi) is 3.76. The minimum absolute atomic E-state index is 0.687. The first-order chi connectivity index (χ1) is 7.24. The zero-order valence-corrected chi connectivity index (χ0v) is 10.4. The second-order valence-corrected chi connectivity index (χ2v) is 5.95. The van der Waals surface area contributed by atoms with Crippen molar-refractivity contribution >= 4 is 11.3 Å². The topological polar surface area (TPSA) is 24.9 Å². The molecule has 1 saturated carbocycles. The van der Waals surface area contributed by atoms with Gasteiger partial charge >= 0.3 is 0 Å². The predicted molar refractivity (Wildman–Crippen MR) is 65.4 cm³/mol. The highest BCUT2D eigenvalue weighted by molar-refractivity contribution is 7.11. The van der Waals surface area contributed by atoms with Crippen LogP contribution in [-0.4, -0.2) is 17.6 Å². The molecular formula is C12H20N2S. The number of thiazole rings is 1. The van der Waals surface area contributed by atoms with E-state index in [1.54, 1.807) is 0 Å². The van der Waals surface area contributed by atoms with Gasteiger partial charge in [-0.25, -0.2) is 4.98 Å². The predicted octanol–water partition coefficient (Wildman–Crippen LogP) is 2.77. The molecule has 0 spiro atoms. The normalized spacial score (nSPS) is 18.0.